The van der Waals surface area contributed by atoms with Gasteiger partial charge in [-0.1, -0.05) is 23.3 Å². The van der Waals surface area contributed by atoms with Crippen molar-refractivity contribution in [3.8, 4) is 0 Å². The molecule has 0 heterocycles. The Morgan fingerprint density at radius 2 is 1.62 bits per heavy atom. The summed E-state index contributed by atoms with van der Waals surface area (Å²) in [7, 11) is 0. The van der Waals surface area contributed by atoms with Crippen molar-refractivity contribution >= 4 is 11.6 Å². The average molecular weight is 217 g/mol. The zero-order valence-electron chi connectivity index (χ0n) is 10.6. The largest absolute Gasteiger partial charge is 0.322 e. The van der Waals surface area contributed by atoms with Gasteiger partial charge in [0.25, 0.3) is 0 Å². The molecule has 0 fully saturated rings. The summed E-state index contributed by atoms with van der Waals surface area (Å²) in [5, 5.41) is 2.92. The molecular formula is C14H19NO. The Kier molecular flexibility index (Phi) is 3.88. The fourth-order valence-corrected chi connectivity index (χ4v) is 1.80. The number of amides is 1. The van der Waals surface area contributed by atoms with Gasteiger partial charge in [-0.2, -0.15) is 0 Å². The van der Waals surface area contributed by atoms with Gasteiger partial charge in [0.15, 0.2) is 0 Å². The first-order chi connectivity index (χ1) is 7.40. The number of anilines is 1. The van der Waals surface area contributed by atoms with E-state index in [1.165, 1.54) is 5.56 Å². The van der Waals surface area contributed by atoms with Crippen LogP contribution in [0.4, 0.5) is 5.69 Å². The van der Waals surface area contributed by atoms with Crippen LogP contribution >= 0.6 is 0 Å². The van der Waals surface area contributed by atoms with Crippen molar-refractivity contribution in [3.05, 3.63) is 40.5 Å². The lowest BCUT2D eigenvalue weighted by Crippen LogP contribution is -2.11. The minimum Gasteiger partial charge on any atom is -0.322 e. The van der Waals surface area contributed by atoms with Gasteiger partial charge >= 0.3 is 0 Å². The van der Waals surface area contributed by atoms with E-state index in [-0.39, 0.29) is 5.91 Å². The number of carbonyl (C=O) groups excluding carboxylic acids is 1. The second-order valence-electron chi connectivity index (χ2n) is 4.48. The Labute approximate surface area is 97.4 Å². The number of rotatable bonds is 2. The normalized spacial score (nSPS) is 9.81. The summed E-state index contributed by atoms with van der Waals surface area (Å²) in [4.78, 5) is 11.6. The molecule has 0 spiro atoms. The zero-order valence-corrected chi connectivity index (χ0v) is 10.6. The van der Waals surface area contributed by atoms with Crippen molar-refractivity contribution in [1.29, 1.82) is 0 Å². The molecule has 0 saturated carbocycles. The summed E-state index contributed by atoms with van der Waals surface area (Å²) in [5.41, 5.74) is 5.35. The van der Waals surface area contributed by atoms with E-state index in [1.807, 2.05) is 27.7 Å². The van der Waals surface area contributed by atoms with Crippen molar-refractivity contribution in [3.63, 3.8) is 0 Å². The fourth-order valence-electron chi connectivity index (χ4n) is 1.80. The van der Waals surface area contributed by atoms with Crippen molar-refractivity contribution in [2.45, 2.75) is 34.6 Å². The monoisotopic (exact) mass is 217 g/mol. The second kappa shape index (κ2) is 4.97. The zero-order chi connectivity index (χ0) is 12.3. The molecule has 0 radical (unpaired) electrons. The molecule has 0 aliphatic heterocycles. The van der Waals surface area contributed by atoms with E-state index < -0.39 is 0 Å². The highest BCUT2D eigenvalue weighted by Crippen LogP contribution is 2.21. The first-order valence-corrected chi connectivity index (χ1v) is 5.44. The molecular weight excluding hydrogens is 198 g/mol. The van der Waals surface area contributed by atoms with E-state index in [1.54, 1.807) is 6.08 Å². The van der Waals surface area contributed by atoms with Crippen LogP contribution in [-0.2, 0) is 4.79 Å². The molecule has 0 atom stereocenters. The summed E-state index contributed by atoms with van der Waals surface area (Å²) in [6.45, 7) is 9.90. The summed E-state index contributed by atoms with van der Waals surface area (Å²) in [5.74, 6) is -0.0601. The smallest absolute Gasteiger partial charge is 0.248 e. The lowest BCUT2D eigenvalue weighted by Gasteiger charge is -2.11. The molecule has 0 saturated heterocycles. The molecule has 86 valence electrons. The number of nitrogens with one attached hydrogen (secondary N) is 1. The molecule has 1 rings (SSSR count). The fraction of sp³-hybridized carbons (Fsp3) is 0.357. The molecule has 1 amide bonds. The maximum Gasteiger partial charge on any atom is 0.248 e. The van der Waals surface area contributed by atoms with Crippen LogP contribution < -0.4 is 5.32 Å². The predicted octanol–water partition coefficient (Wildman–Crippen LogP) is 3.52. The molecule has 0 aliphatic carbocycles. The molecule has 1 aromatic carbocycles. The SMILES string of the molecule is CC(C)=CC(=O)Nc1c(C)cc(C)cc1C. The number of hydrogen-bond acceptors (Lipinski definition) is 1. The van der Waals surface area contributed by atoms with Gasteiger partial charge in [-0.15, -0.1) is 0 Å². The van der Waals surface area contributed by atoms with Gasteiger partial charge in [0.2, 0.25) is 5.91 Å². The topological polar surface area (TPSA) is 29.1 Å². The van der Waals surface area contributed by atoms with E-state index in [9.17, 15) is 4.79 Å². The predicted molar refractivity (Wildman–Crippen MR) is 68.7 cm³/mol. The Bertz CT molecular complexity index is 417. The van der Waals surface area contributed by atoms with E-state index in [2.05, 4.69) is 24.4 Å². The Hall–Kier alpha value is -1.57. The van der Waals surface area contributed by atoms with Crippen LogP contribution in [0.5, 0.6) is 0 Å². The molecule has 1 N–H and O–H groups in total. The standard InChI is InChI=1S/C14H19NO/c1-9(2)6-13(16)15-14-11(4)7-10(3)8-12(14)5/h6-8H,1-5H3,(H,15,16). The number of allylic oxidation sites excluding steroid dienone is 1. The van der Waals surface area contributed by atoms with Gasteiger partial charge in [0.05, 0.1) is 0 Å². The van der Waals surface area contributed by atoms with Crippen LogP contribution in [0.15, 0.2) is 23.8 Å². The maximum atomic E-state index is 11.6. The molecule has 1 aromatic rings. The minimum atomic E-state index is -0.0601. The second-order valence-corrected chi connectivity index (χ2v) is 4.48. The van der Waals surface area contributed by atoms with E-state index in [0.29, 0.717) is 0 Å². The Morgan fingerprint density at radius 1 is 1.12 bits per heavy atom. The van der Waals surface area contributed by atoms with Gasteiger partial charge < -0.3 is 5.32 Å². The number of aryl methyl sites for hydroxylation is 3. The first kappa shape index (κ1) is 12.5. The average Bonchev–Trinajstić information content (AvgIpc) is 2.09. The number of benzene rings is 1. The first-order valence-electron chi connectivity index (χ1n) is 5.44. The minimum absolute atomic E-state index is 0.0601. The van der Waals surface area contributed by atoms with Crippen LogP contribution in [0.25, 0.3) is 0 Å². The molecule has 0 aliphatic rings. The summed E-state index contributed by atoms with van der Waals surface area (Å²) in [6.07, 6.45) is 1.61. The number of carbonyl (C=O) groups is 1. The third kappa shape index (κ3) is 3.23. The number of hydrogen-bond donors (Lipinski definition) is 1. The molecule has 0 unspecified atom stereocenters. The van der Waals surface area contributed by atoms with Gasteiger partial charge in [-0.05, 0) is 45.7 Å². The molecule has 16 heavy (non-hydrogen) atoms. The Morgan fingerprint density at radius 3 is 2.06 bits per heavy atom. The van der Waals surface area contributed by atoms with Crippen LogP contribution in [0.1, 0.15) is 30.5 Å². The highest BCUT2D eigenvalue weighted by atomic mass is 16.1. The maximum absolute atomic E-state index is 11.6. The van der Waals surface area contributed by atoms with Gasteiger partial charge in [-0.25, -0.2) is 0 Å². The van der Waals surface area contributed by atoms with Crippen LogP contribution in [0.3, 0.4) is 0 Å². The van der Waals surface area contributed by atoms with Crippen molar-refractivity contribution in [1.82, 2.24) is 0 Å². The van der Waals surface area contributed by atoms with E-state index >= 15 is 0 Å². The summed E-state index contributed by atoms with van der Waals surface area (Å²) < 4.78 is 0. The summed E-state index contributed by atoms with van der Waals surface area (Å²) in [6, 6.07) is 4.15. The van der Waals surface area contributed by atoms with Gasteiger partial charge in [-0.3, -0.25) is 4.79 Å². The molecule has 0 bridgehead atoms. The van der Waals surface area contributed by atoms with Crippen LogP contribution in [-0.4, -0.2) is 5.91 Å². The lowest BCUT2D eigenvalue weighted by atomic mass is 10.1. The van der Waals surface area contributed by atoms with Crippen LogP contribution in [0, 0.1) is 20.8 Å². The quantitative estimate of drug-likeness (QED) is 0.754. The molecule has 2 heteroatoms. The third-order valence-corrected chi connectivity index (χ3v) is 2.34. The van der Waals surface area contributed by atoms with Crippen LogP contribution in [0.2, 0.25) is 0 Å². The van der Waals surface area contributed by atoms with Crippen molar-refractivity contribution < 1.29 is 4.79 Å². The third-order valence-electron chi connectivity index (χ3n) is 2.34. The highest BCUT2D eigenvalue weighted by molar-refractivity contribution is 6.00. The Balaban J connectivity index is 2.98. The van der Waals surface area contributed by atoms with Crippen molar-refractivity contribution in [2.75, 3.05) is 5.32 Å². The molecule has 0 aromatic heterocycles. The van der Waals surface area contributed by atoms with Gasteiger partial charge in [0, 0.05) is 11.8 Å². The van der Waals surface area contributed by atoms with Gasteiger partial charge in [0.1, 0.15) is 0 Å². The summed E-state index contributed by atoms with van der Waals surface area (Å²) >= 11 is 0. The van der Waals surface area contributed by atoms with E-state index in [0.717, 1.165) is 22.4 Å². The lowest BCUT2D eigenvalue weighted by molar-refractivity contribution is -0.112. The molecule has 2 nitrogen and oxygen atoms in total. The highest BCUT2D eigenvalue weighted by Gasteiger charge is 2.06. The van der Waals surface area contributed by atoms with E-state index in [4.69, 9.17) is 0 Å². The van der Waals surface area contributed by atoms with Crippen molar-refractivity contribution in [2.24, 2.45) is 0 Å².